The molecule has 128 valence electrons. The zero-order valence-electron chi connectivity index (χ0n) is 14.9. The topological polar surface area (TPSA) is 25.1 Å². The van der Waals surface area contributed by atoms with Crippen LogP contribution in [0.5, 0.6) is 0 Å². The van der Waals surface area contributed by atoms with Crippen LogP contribution in [-0.4, -0.2) is 12.1 Å². The third-order valence-electron chi connectivity index (χ3n) is 9.87. The molecule has 23 heavy (non-hydrogen) atoms. The van der Waals surface area contributed by atoms with Crippen LogP contribution < -0.4 is 0 Å². The second-order valence-electron chi connectivity index (χ2n) is 10.4. The molecule has 4 aliphatic carbocycles. The van der Waals surface area contributed by atoms with E-state index in [4.69, 9.17) is 9.47 Å². The Morgan fingerprint density at radius 3 is 2.30 bits per heavy atom. The molecule has 6 aliphatic rings. The van der Waals surface area contributed by atoms with Gasteiger partial charge in [-0.1, -0.05) is 26.7 Å². The summed E-state index contributed by atoms with van der Waals surface area (Å²) in [6.07, 6.45) is 15.0. The van der Waals surface area contributed by atoms with E-state index in [2.05, 4.69) is 13.8 Å². The Morgan fingerprint density at radius 2 is 1.52 bits per heavy atom. The molecule has 6 fully saturated rings. The van der Waals surface area contributed by atoms with Gasteiger partial charge in [-0.25, -0.2) is 0 Å². The van der Waals surface area contributed by atoms with Crippen LogP contribution in [0.2, 0.25) is 0 Å². The van der Waals surface area contributed by atoms with Crippen molar-refractivity contribution in [1.29, 1.82) is 0 Å². The predicted molar refractivity (Wildman–Crippen MR) is 88.5 cm³/mol. The normalized spacial score (nSPS) is 66.0. The molecule has 1 unspecified atom stereocenters. The Balaban J connectivity index is 1.32. The number of rotatable bonds is 1. The van der Waals surface area contributed by atoms with Gasteiger partial charge in [0.2, 0.25) is 12.1 Å². The first-order valence-corrected chi connectivity index (χ1v) is 10.4. The van der Waals surface area contributed by atoms with E-state index in [9.17, 15) is 0 Å². The first-order valence-electron chi connectivity index (χ1n) is 10.4. The van der Waals surface area contributed by atoms with Gasteiger partial charge in [0.05, 0.1) is 0 Å². The highest BCUT2D eigenvalue weighted by molar-refractivity contribution is 5.18. The van der Waals surface area contributed by atoms with E-state index in [-0.39, 0.29) is 12.1 Å². The van der Waals surface area contributed by atoms with E-state index in [1.807, 2.05) is 0 Å². The molecule has 2 heteroatoms. The lowest BCUT2D eigenvalue weighted by atomic mass is 9.45. The van der Waals surface area contributed by atoms with Crippen molar-refractivity contribution >= 4 is 0 Å². The SMILES string of the molecule is C[C@]12CC[C@H]3[C@@H](CCC4CCCC[C@@]43C)[C@@H]1CC[C@H]2C12OC1O2. The summed E-state index contributed by atoms with van der Waals surface area (Å²) in [5, 5.41) is 0. The van der Waals surface area contributed by atoms with Crippen LogP contribution in [0.25, 0.3) is 0 Å². The van der Waals surface area contributed by atoms with E-state index in [0.29, 0.717) is 16.7 Å². The summed E-state index contributed by atoms with van der Waals surface area (Å²) in [7, 11) is 0. The molecule has 0 N–H and O–H groups in total. The molecule has 2 nitrogen and oxygen atoms in total. The summed E-state index contributed by atoms with van der Waals surface area (Å²) in [5.41, 5.74) is 1.18. The number of hydrogen-bond donors (Lipinski definition) is 0. The number of fused-ring (bicyclic) bond motifs is 6. The maximum atomic E-state index is 5.81. The smallest absolute Gasteiger partial charge is 0.229 e. The summed E-state index contributed by atoms with van der Waals surface area (Å²) in [4.78, 5) is 0. The van der Waals surface area contributed by atoms with E-state index in [1.54, 1.807) is 0 Å². The van der Waals surface area contributed by atoms with E-state index in [0.717, 1.165) is 23.7 Å². The molecule has 6 rings (SSSR count). The maximum absolute atomic E-state index is 5.81. The molecule has 2 heterocycles. The second kappa shape index (κ2) is 4.18. The van der Waals surface area contributed by atoms with Crippen LogP contribution in [0.1, 0.15) is 78.1 Å². The average molecular weight is 316 g/mol. The summed E-state index contributed by atoms with van der Waals surface area (Å²) in [5.74, 6) is 4.64. The predicted octanol–water partition coefficient (Wildman–Crippen LogP) is 5.12. The fourth-order valence-electron chi connectivity index (χ4n) is 8.56. The van der Waals surface area contributed by atoms with Gasteiger partial charge in [0.25, 0.3) is 0 Å². The largest absolute Gasteiger partial charge is 0.310 e. The van der Waals surface area contributed by atoms with Crippen molar-refractivity contribution in [3.05, 3.63) is 0 Å². The lowest BCUT2D eigenvalue weighted by Crippen LogP contribution is -2.53. The van der Waals surface area contributed by atoms with Crippen LogP contribution in [0.4, 0.5) is 0 Å². The number of hydrogen-bond acceptors (Lipinski definition) is 2. The van der Waals surface area contributed by atoms with Crippen molar-refractivity contribution in [1.82, 2.24) is 0 Å². The Labute approximate surface area is 140 Å². The fourth-order valence-corrected chi connectivity index (χ4v) is 8.56. The molecule has 0 aromatic carbocycles. The summed E-state index contributed by atoms with van der Waals surface area (Å²) in [6, 6.07) is 0. The third kappa shape index (κ3) is 1.59. The molecule has 0 radical (unpaired) electrons. The van der Waals surface area contributed by atoms with Crippen LogP contribution in [0.3, 0.4) is 0 Å². The molecule has 2 aliphatic heterocycles. The van der Waals surface area contributed by atoms with Crippen molar-refractivity contribution in [2.45, 2.75) is 90.1 Å². The minimum Gasteiger partial charge on any atom is -0.310 e. The Hall–Kier alpha value is -0.0800. The Kier molecular flexibility index (Phi) is 2.57. The number of epoxide rings is 2. The van der Waals surface area contributed by atoms with Crippen LogP contribution >= 0.6 is 0 Å². The van der Waals surface area contributed by atoms with E-state index >= 15 is 0 Å². The molecular weight excluding hydrogens is 284 g/mol. The van der Waals surface area contributed by atoms with Crippen molar-refractivity contribution in [3.63, 3.8) is 0 Å². The lowest BCUT2D eigenvalue weighted by Gasteiger charge is -2.60. The average Bonchev–Trinajstić information content (AvgIpc) is 3.36. The molecule has 7 atom stereocenters. The zero-order valence-corrected chi connectivity index (χ0v) is 14.9. The minimum atomic E-state index is -0.0811. The van der Waals surface area contributed by atoms with Gasteiger partial charge in [-0.05, 0) is 85.9 Å². The van der Waals surface area contributed by atoms with Gasteiger partial charge in [0, 0.05) is 5.92 Å². The van der Waals surface area contributed by atoms with Gasteiger partial charge in [0.15, 0.2) is 0 Å². The maximum Gasteiger partial charge on any atom is 0.229 e. The zero-order chi connectivity index (χ0) is 15.4. The molecule has 4 saturated carbocycles. The quantitative estimate of drug-likeness (QED) is 0.627. The Morgan fingerprint density at radius 1 is 0.739 bits per heavy atom. The minimum absolute atomic E-state index is 0.0811. The number of ether oxygens (including phenoxy) is 2. The van der Waals surface area contributed by atoms with E-state index in [1.165, 1.54) is 64.2 Å². The summed E-state index contributed by atoms with van der Waals surface area (Å²) < 4.78 is 11.6. The van der Waals surface area contributed by atoms with Crippen molar-refractivity contribution < 1.29 is 9.47 Å². The lowest BCUT2D eigenvalue weighted by molar-refractivity contribution is -0.141. The summed E-state index contributed by atoms with van der Waals surface area (Å²) in [6.45, 7) is 5.29. The Bertz CT molecular complexity index is 538. The van der Waals surface area contributed by atoms with Crippen LogP contribution in [-0.2, 0) is 9.47 Å². The van der Waals surface area contributed by atoms with Crippen LogP contribution in [0, 0.1) is 40.4 Å². The van der Waals surface area contributed by atoms with E-state index < -0.39 is 0 Å². The van der Waals surface area contributed by atoms with Gasteiger partial charge in [-0.3, -0.25) is 0 Å². The molecule has 0 spiro atoms. The third-order valence-corrected chi connectivity index (χ3v) is 9.87. The van der Waals surface area contributed by atoms with Gasteiger partial charge >= 0.3 is 0 Å². The standard InChI is InChI=1S/C21H32O2/c1-19-11-4-3-5-13(19)6-7-14-15-8-9-17(21-18(22-21)23-21)20(15,2)12-10-16(14)19/h13-18H,3-12H2,1-2H3/t13?,14-,15-,16-,17+,18?,19-,20-,21?/m0/s1. The molecular formula is C21H32O2. The molecule has 0 amide bonds. The summed E-state index contributed by atoms with van der Waals surface area (Å²) >= 11 is 0. The van der Waals surface area contributed by atoms with Crippen molar-refractivity contribution in [2.24, 2.45) is 40.4 Å². The highest BCUT2D eigenvalue weighted by Gasteiger charge is 2.84. The molecule has 0 aromatic heterocycles. The molecule has 0 bridgehead atoms. The monoisotopic (exact) mass is 316 g/mol. The van der Waals surface area contributed by atoms with Gasteiger partial charge in [0.1, 0.15) is 0 Å². The second-order valence-corrected chi connectivity index (χ2v) is 10.4. The van der Waals surface area contributed by atoms with Gasteiger partial charge in [-0.2, -0.15) is 0 Å². The first kappa shape index (κ1) is 14.1. The fraction of sp³-hybridized carbons (Fsp3) is 1.00. The van der Waals surface area contributed by atoms with Gasteiger partial charge < -0.3 is 9.47 Å². The first-order chi connectivity index (χ1) is 11.1. The van der Waals surface area contributed by atoms with Crippen LogP contribution in [0.15, 0.2) is 0 Å². The highest BCUT2D eigenvalue weighted by atomic mass is 17.0. The van der Waals surface area contributed by atoms with Gasteiger partial charge in [-0.15, -0.1) is 0 Å². The van der Waals surface area contributed by atoms with Crippen molar-refractivity contribution in [3.8, 4) is 0 Å². The highest BCUT2D eigenvalue weighted by Crippen LogP contribution is 2.74. The van der Waals surface area contributed by atoms with Crippen molar-refractivity contribution in [2.75, 3.05) is 0 Å². The molecule has 0 aromatic rings. The molecule has 2 saturated heterocycles.